The number of carbonyl (C=O) groups excluding carboxylic acids is 2. The van der Waals surface area contributed by atoms with Crippen LogP contribution in [0.3, 0.4) is 0 Å². The van der Waals surface area contributed by atoms with Gasteiger partial charge in [0.2, 0.25) is 0 Å². The van der Waals surface area contributed by atoms with Gasteiger partial charge >= 0.3 is 11.9 Å². The van der Waals surface area contributed by atoms with Gasteiger partial charge in [0.05, 0.1) is 38.2 Å². The van der Waals surface area contributed by atoms with Crippen LogP contribution in [0.2, 0.25) is 0 Å². The van der Waals surface area contributed by atoms with Crippen LogP contribution >= 0.6 is 0 Å². The monoisotopic (exact) mass is 407 g/mol. The number of carbonyl (C=O) groups is 2. The zero-order chi connectivity index (χ0) is 25.0. The van der Waals surface area contributed by atoms with E-state index in [1.54, 1.807) is 91.0 Å². The van der Waals surface area contributed by atoms with Crippen LogP contribution in [0, 0.1) is 0 Å². The first kappa shape index (κ1) is 16.4. The van der Waals surface area contributed by atoms with Gasteiger partial charge in [-0.1, -0.05) is 91.0 Å². The lowest BCUT2D eigenvalue weighted by Gasteiger charge is -2.44. The van der Waals surface area contributed by atoms with Crippen LogP contribution < -0.4 is 0 Å². The predicted molar refractivity (Wildman–Crippen MR) is 115 cm³/mol. The molecule has 0 atom stereocenters. The van der Waals surface area contributed by atoms with Gasteiger partial charge in [0, 0.05) is 0 Å². The number of methoxy groups -OCH3 is 2. The highest BCUT2D eigenvalue weighted by Crippen LogP contribution is 2.42. The molecule has 3 rings (SSSR count). The molecule has 5 heteroatoms. The molecule has 0 aromatic heterocycles. The van der Waals surface area contributed by atoms with E-state index in [-0.39, 0.29) is 0 Å². The highest BCUT2D eigenvalue weighted by atomic mass is 16.5. The van der Waals surface area contributed by atoms with E-state index in [0.29, 0.717) is 21.6 Å². The summed E-state index contributed by atoms with van der Waals surface area (Å²) in [6, 6.07) is 25.7. The number of rotatable bonds is 8. The highest BCUT2D eigenvalue weighted by molar-refractivity contribution is 5.76. The minimum atomic E-state index is -3.12. The Bertz CT molecular complexity index is 1000. The van der Waals surface area contributed by atoms with Crippen molar-refractivity contribution in [1.82, 2.24) is 4.90 Å². The fourth-order valence-electron chi connectivity index (χ4n) is 3.39. The van der Waals surface area contributed by atoms with Gasteiger partial charge in [-0.3, -0.25) is 14.5 Å². The van der Waals surface area contributed by atoms with Crippen LogP contribution in [-0.2, 0) is 24.6 Å². The molecule has 0 spiro atoms. The van der Waals surface area contributed by atoms with Crippen molar-refractivity contribution in [3.05, 3.63) is 108 Å². The Kier molecular flexibility index (Phi) is 5.37. The lowest BCUT2D eigenvalue weighted by molar-refractivity contribution is -0.147. The minimum absolute atomic E-state index is 0.424. The van der Waals surface area contributed by atoms with Crippen molar-refractivity contribution < 1.29 is 24.5 Å². The van der Waals surface area contributed by atoms with Crippen molar-refractivity contribution in [2.45, 2.75) is 5.54 Å². The third-order valence-corrected chi connectivity index (χ3v) is 4.69. The molecule has 0 heterocycles. The van der Waals surface area contributed by atoms with Crippen LogP contribution in [0.25, 0.3) is 0 Å². The van der Waals surface area contributed by atoms with Crippen molar-refractivity contribution in [3.63, 3.8) is 0 Å². The number of hydrogen-bond acceptors (Lipinski definition) is 5. The Labute approximate surface area is 182 Å². The summed E-state index contributed by atoms with van der Waals surface area (Å²) in [5.41, 5.74) is -0.520. The summed E-state index contributed by atoms with van der Waals surface area (Å²) in [5.74, 6) is -2.74. The third kappa shape index (κ3) is 4.26. The van der Waals surface area contributed by atoms with Gasteiger partial charge < -0.3 is 9.47 Å². The highest BCUT2D eigenvalue weighted by Gasteiger charge is 2.44. The summed E-state index contributed by atoms with van der Waals surface area (Å²) in [6.45, 7) is -6.23. The van der Waals surface area contributed by atoms with E-state index in [0.717, 1.165) is 14.2 Å². The molecule has 0 aliphatic heterocycles. The van der Waals surface area contributed by atoms with Gasteiger partial charge in [0.15, 0.2) is 0 Å². The average molecular weight is 408 g/mol. The van der Waals surface area contributed by atoms with Gasteiger partial charge in [-0.15, -0.1) is 0 Å². The molecule has 154 valence electrons. The maximum Gasteiger partial charge on any atom is 0.319 e. The van der Waals surface area contributed by atoms with Crippen molar-refractivity contribution in [3.8, 4) is 0 Å². The molecule has 0 saturated heterocycles. The molecule has 0 radical (unpaired) electrons. The fourth-order valence-corrected chi connectivity index (χ4v) is 3.39. The standard InChI is InChI=1S/C25H25NO4/c1-29-23(27)18-26(19-24(28)30-2)25(20-12-6-3-7-13-20,21-14-8-4-9-15-21)22-16-10-5-11-17-22/h3-17H,18-19H2,1-2H3/i18D2,19D2. The summed E-state index contributed by atoms with van der Waals surface area (Å²) in [7, 11) is 2.00. The first-order valence-corrected chi connectivity index (χ1v) is 9.29. The topological polar surface area (TPSA) is 55.8 Å². The zero-order valence-corrected chi connectivity index (χ0v) is 16.7. The molecule has 0 unspecified atom stereocenters. The maximum atomic E-state index is 12.8. The molecule has 0 fully saturated rings. The molecule has 5 nitrogen and oxygen atoms in total. The Morgan fingerprint density at radius 1 is 0.700 bits per heavy atom. The molecule has 3 aromatic carbocycles. The van der Waals surface area contributed by atoms with E-state index >= 15 is 0 Å². The predicted octanol–water partition coefficient (Wildman–Crippen LogP) is 3.63. The molecule has 3 aromatic rings. The molecule has 0 amide bonds. The lowest BCUT2D eigenvalue weighted by atomic mass is 9.75. The zero-order valence-electron chi connectivity index (χ0n) is 20.7. The van der Waals surface area contributed by atoms with Gasteiger partial charge in [0.1, 0.15) is 0 Å². The second-order valence-electron chi connectivity index (χ2n) is 6.35. The van der Waals surface area contributed by atoms with Crippen molar-refractivity contribution >= 4 is 11.9 Å². The van der Waals surface area contributed by atoms with Gasteiger partial charge in [-0.25, -0.2) is 0 Å². The van der Waals surface area contributed by atoms with Crippen LogP contribution in [-0.4, -0.2) is 44.1 Å². The largest absolute Gasteiger partial charge is 0.468 e. The van der Waals surface area contributed by atoms with Gasteiger partial charge in [0.25, 0.3) is 0 Å². The van der Waals surface area contributed by atoms with E-state index in [9.17, 15) is 9.59 Å². The molecule has 30 heavy (non-hydrogen) atoms. The number of esters is 2. The summed E-state index contributed by atoms with van der Waals surface area (Å²) in [5, 5.41) is 0. The second-order valence-corrected chi connectivity index (χ2v) is 6.35. The van der Waals surface area contributed by atoms with E-state index in [4.69, 9.17) is 15.0 Å². The quantitative estimate of drug-likeness (QED) is 0.422. The SMILES string of the molecule is [2H]C([2H])(C(=O)OC)N(C([2H])([2H])C(=O)OC)C(c1ccccc1)(c1ccccc1)c1ccccc1. The summed E-state index contributed by atoms with van der Waals surface area (Å²) in [6.07, 6.45) is 0. The van der Waals surface area contributed by atoms with Gasteiger partial charge in [-0.2, -0.15) is 0 Å². The molecule has 0 aliphatic carbocycles. The lowest BCUT2D eigenvalue weighted by Crippen LogP contribution is -2.52. The van der Waals surface area contributed by atoms with Crippen molar-refractivity contribution in [2.75, 3.05) is 27.2 Å². The Morgan fingerprint density at radius 3 is 1.27 bits per heavy atom. The summed E-state index contributed by atoms with van der Waals surface area (Å²) in [4.78, 5) is 26.2. The van der Waals surface area contributed by atoms with E-state index in [1.807, 2.05) is 0 Å². The smallest absolute Gasteiger partial charge is 0.319 e. The van der Waals surface area contributed by atoms with Crippen LogP contribution in [0.15, 0.2) is 91.0 Å². The summed E-state index contributed by atoms with van der Waals surface area (Å²) >= 11 is 0. The molecular formula is C25H25NO4. The molecule has 0 N–H and O–H groups in total. The van der Waals surface area contributed by atoms with Crippen molar-refractivity contribution in [1.29, 1.82) is 0 Å². The first-order valence-electron chi connectivity index (χ1n) is 11.3. The first-order chi connectivity index (χ1) is 16.1. The Morgan fingerprint density at radius 2 is 1.00 bits per heavy atom. The van der Waals surface area contributed by atoms with E-state index in [1.165, 1.54) is 0 Å². The van der Waals surface area contributed by atoms with Crippen LogP contribution in [0.4, 0.5) is 0 Å². The van der Waals surface area contributed by atoms with E-state index < -0.39 is 30.5 Å². The third-order valence-electron chi connectivity index (χ3n) is 4.69. The Hall–Kier alpha value is -3.44. The van der Waals surface area contributed by atoms with Crippen LogP contribution in [0.5, 0.6) is 0 Å². The van der Waals surface area contributed by atoms with Gasteiger partial charge in [-0.05, 0) is 16.7 Å². The molecule has 0 aliphatic rings. The molecular weight excluding hydrogens is 378 g/mol. The second kappa shape index (κ2) is 9.85. The number of benzene rings is 3. The van der Waals surface area contributed by atoms with E-state index in [2.05, 4.69) is 0 Å². The fraction of sp³-hybridized carbons (Fsp3) is 0.200. The normalized spacial score (nSPS) is 14.1. The van der Waals surface area contributed by atoms with Crippen LogP contribution in [0.1, 0.15) is 22.2 Å². The Balaban J connectivity index is 2.59. The number of ether oxygens (including phenoxy) is 2. The maximum absolute atomic E-state index is 12.8. The van der Waals surface area contributed by atoms with Crippen molar-refractivity contribution in [2.24, 2.45) is 0 Å². The molecule has 0 saturated carbocycles. The number of hydrogen-bond donors (Lipinski definition) is 0. The molecule has 0 bridgehead atoms. The average Bonchev–Trinajstić information content (AvgIpc) is 2.87. The number of nitrogens with zero attached hydrogens (tertiary/aromatic N) is 1. The summed E-state index contributed by atoms with van der Waals surface area (Å²) < 4.78 is 44.6. The minimum Gasteiger partial charge on any atom is -0.468 e.